The zero-order valence-electron chi connectivity index (χ0n) is 13.5. The van der Waals surface area contributed by atoms with E-state index in [1.165, 1.54) is 0 Å². The quantitative estimate of drug-likeness (QED) is 0.828. The molecule has 2 fully saturated rings. The molecule has 0 unspecified atom stereocenters. The molecule has 1 aliphatic heterocycles. The first-order chi connectivity index (χ1) is 11.0. The van der Waals surface area contributed by atoms with Crippen LogP contribution in [0.25, 0.3) is 0 Å². The Balaban J connectivity index is 1.60. The lowest BCUT2D eigenvalue weighted by Crippen LogP contribution is -2.50. The number of carboxylic acids is 1. The molecular weight excluding hydrogens is 296 g/mol. The minimum atomic E-state index is -0.744. The number of carbonyl (C=O) groups excluding carboxylic acids is 1. The number of hydrogen-bond donors (Lipinski definition) is 2. The van der Waals surface area contributed by atoms with Gasteiger partial charge in [-0.25, -0.2) is 4.98 Å². The number of carboxylic acid groups (broad SMARTS) is 1. The number of aryl methyl sites for hydroxylation is 2. The van der Waals surface area contributed by atoms with Gasteiger partial charge in [0.15, 0.2) is 5.82 Å². The number of piperidine rings is 1. The average Bonchev–Trinajstić information content (AvgIpc) is 3.24. The number of hydrogen-bond acceptors (Lipinski definition) is 4. The van der Waals surface area contributed by atoms with E-state index in [2.05, 4.69) is 15.2 Å². The zero-order valence-corrected chi connectivity index (χ0v) is 13.5. The lowest BCUT2D eigenvalue weighted by atomic mass is 9.75. The molecule has 3 rings (SSSR count). The zero-order chi connectivity index (χ0) is 16.4. The number of nitrogens with zero attached hydrogens (tertiary/aromatic N) is 3. The van der Waals surface area contributed by atoms with Crippen LogP contribution in [0.1, 0.15) is 50.2 Å². The number of nitrogens with one attached hydrogen (secondary N) is 1. The number of aromatic amines is 1. The van der Waals surface area contributed by atoms with Gasteiger partial charge in [-0.05, 0) is 32.1 Å². The highest BCUT2D eigenvalue weighted by atomic mass is 16.4. The van der Waals surface area contributed by atoms with E-state index in [1.807, 2.05) is 6.92 Å². The SMILES string of the molecule is Cc1nc(CCC(=O)N2CCC[C@@](CC3CC3)(C(=O)O)C2)n[nH]1. The minimum absolute atomic E-state index is 0.00794. The van der Waals surface area contributed by atoms with E-state index in [4.69, 9.17) is 0 Å². The molecule has 1 saturated carbocycles. The largest absolute Gasteiger partial charge is 0.481 e. The van der Waals surface area contributed by atoms with Crippen molar-refractivity contribution in [2.75, 3.05) is 13.1 Å². The van der Waals surface area contributed by atoms with Crippen molar-refractivity contribution in [2.45, 2.75) is 51.9 Å². The summed E-state index contributed by atoms with van der Waals surface area (Å²) in [6.07, 6.45) is 5.25. The molecule has 0 bridgehead atoms. The van der Waals surface area contributed by atoms with E-state index in [-0.39, 0.29) is 5.91 Å². The van der Waals surface area contributed by atoms with Crippen molar-refractivity contribution in [3.05, 3.63) is 11.6 Å². The molecule has 1 aromatic heterocycles. The van der Waals surface area contributed by atoms with Crippen LogP contribution in [-0.2, 0) is 16.0 Å². The summed E-state index contributed by atoms with van der Waals surface area (Å²) in [5.74, 6) is 1.17. The monoisotopic (exact) mass is 320 g/mol. The second kappa shape index (κ2) is 6.29. The highest BCUT2D eigenvalue weighted by Gasteiger charge is 2.46. The molecule has 1 aromatic rings. The van der Waals surface area contributed by atoms with Crippen molar-refractivity contribution in [1.29, 1.82) is 0 Å². The van der Waals surface area contributed by atoms with Crippen molar-refractivity contribution < 1.29 is 14.7 Å². The first-order valence-corrected chi connectivity index (χ1v) is 8.37. The Bertz CT molecular complexity index is 596. The van der Waals surface area contributed by atoms with Gasteiger partial charge < -0.3 is 10.0 Å². The number of carbonyl (C=O) groups is 2. The molecule has 0 radical (unpaired) electrons. The highest BCUT2D eigenvalue weighted by molar-refractivity contribution is 5.80. The van der Waals surface area contributed by atoms with E-state index in [0.29, 0.717) is 50.5 Å². The van der Waals surface area contributed by atoms with Crippen LogP contribution in [0.15, 0.2) is 0 Å². The summed E-state index contributed by atoms with van der Waals surface area (Å²) in [6, 6.07) is 0. The molecule has 1 atom stereocenters. The molecule has 2 heterocycles. The third kappa shape index (κ3) is 3.71. The molecule has 0 aromatic carbocycles. The van der Waals surface area contributed by atoms with Gasteiger partial charge in [0.2, 0.25) is 5.91 Å². The molecule has 0 spiro atoms. The number of amides is 1. The Morgan fingerprint density at radius 3 is 2.83 bits per heavy atom. The molecule has 2 aliphatic rings. The van der Waals surface area contributed by atoms with E-state index >= 15 is 0 Å². The normalized spacial score (nSPS) is 24.7. The van der Waals surface area contributed by atoms with Gasteiger partial charge in [0.1, 0.15) is 5.82 Å². The second-order valence-corrected chi connectivity index (χ2v) is 6.99. The third-order valence-corrected chi connectivity index (χ3v) is 4.97. The molecule has 23 heavy (non-hydrogen) atoms. The smallest absolute Gasteiger partial charge is 0.311 e. The van der Waals surface area contributed by atoms with Crippen LogP contribution in [-0.4, -0.2) is 50.2 Å². The van der Waals surface area contributed by atoms with Gasteiger partial charge in [0.25, 0.3) is 0 Å². The molecule has 1 amide bonds. The predicted molar refractivity (Wildman–Crippen MR) is 82.7 cm³/mol. The Hall–Kier alpha value is -1.92. The summed E-state index contributed by atoms with van der Waals surface area (Å²) in [4.78, 5) is 30.2. The van der Waals surface area contributed by atoms with Crippen LogP contribution in [0.5, 0.6) is 0 Å². The average molecular weight is 320 g/mol. The highest BCUT2D eigenvalue weighted by Crippen LogP contribution is 2.45. The van der Waals surface area contributed by atoms with Crippen LogP contribution >= 0.6 is 0 Å². The van der Waals surface area contributed by atoms with Crippen LogP contribution in [0.2, 0.25) is 0 Å². The maximum atomic E-state index is 12.5. The van der Waals surface area contributed by atoms with E-state index in [0.717, 1.165) is 25.1 Å². The lowest BCUT2D eigenvalue weighted by molar-refractivity contribution is -0.156. The fourth-order valence-electron chi connectivity index (χ4n) is 3.53. The van der Waals surface area contributed by atoms with Crippen molar-refractivity contribution in [1.82, 2.24) is 20.1 Å². The fraction of sp³-hybridized carbons (Fsp3) is 0.750. The summed E-state index contributed by atoms with van der Waals surface area (Å²) >= 11 is 0. The van der Waals surface area contributed by atoms with E-state index in [1.54, 1.807) is 4.90 Å². The van der Waals surface area contributed by atoms with Gasteiger partial charge in [-0.15, -0.1) is 0 Å². The van der Waals surface area contributed by atoms with Gasteiger partial charge >= 0.3 is 5.97 Å². The van der Waals surface area contributed by atoms with Crippen LogP contribution in [0, 0.1) is 18.3 Å². The van der Waals surface area contributed by atoms with Crippen LogP contribution in [0.3, 0.4) is 0 Å². The molecule has 2 N–H and O–H groups in total. The van der Waals surface area contributed by atoms with Gasteiger partial charge in [-0.1, -0.05) is 12.8 Å². The Morgan fingerprint density at radius 2 is 2.22 bits per heavy atom. The number of H-pyrrole nitrogens is 1. The molecule has 7 heteroatoms. The standard InChI is InChI=1S/C16H24N4O3/c1-11-17-13(19-18-11)5-6-14(21)20-8-2-7-16(10-20,15(22)23)9-12-3-4-12/h12H,2-10H2,1H3,(H,22,23)(H,17,18,19)/t16-/m0/s1. The Morgan fingerprint density at radius 1 is 1.43 bits per heavy atom. The number of rotatable bonds is 6. The molecular formula is C16H24N4O3. The van der Waals surface area contributed by atoms with Gasteiger partial charge in [-0.3, -0.25) is 14.7 Å². The van der Waals surface area contributed by atoms with Crippen molar-refractivity contribution in [3.63, 3.8) is 0 Å². The summed E-state index contributed by atoms with van der Waals surface area (Å²) in [6.45, 7) is 2.83. The summed E-state index contributed by atoms with van der Waals surface area (Å²) < 4.78 is 0. The number of aromatic nitrogens is 3. The van der Waals surface area contributed by atoms with Crippen LogP contribution in [0.4, 0.5) is 0 Å². The Labute approximate surface area is 135 Å². The van der Waals surface area contributed by atoms with Gasteiger partial charge in [-0.2, -0.15) is 5.10 Å². The molecule has 1 aliphatic carbocycles. The van der Waals surface area contributed by atoms with Crippen molar-refractivity contribution >= 4 is 11.9 Å². The third-order valence-electron chi connectivity index (χ3n) is 4.97. The van der Waals surface area contributed by atoms with E-state index in [9.17, 15) is 14.7 Å². The van der Waals surface area contributed by atoms with Gasteiger partial charge in [0.05, 0.1) is 5.41 Å². The fourth-order valence-corrected chi connectivity index (χ4v) is 3.53. The summed E-state index contributed by atoms with van der Waals surface area (Å²) in [5.41, 5.74) is -0.740. The van der Waals surface area contributed by atoms with Crippen LogP contribution < -0.4 is 0 Å². The summed E-state index contributed by atoms with van der Waals surface area (Å²) in [5, 5.41) is 16.5. The number of likely N-dealkylation sites (tertiary alicyclic amines) is 1. The first kappa shape index (κ1) is 16.0. The molecule has 1 saturated heterocycles. The topological polar surface area (TPSA) is 99.2 Å². The summed E-state index contributed by atoms with van der Waals surface area (Å²) in [7, 11) is 0. The molecule has 126 valence electrons. The number of aliphatic carboxylic acids is 1. The lowest BCUT2D eigenvalue weighted by Gasteiger charge is -2.40. The van der Waals surface area contributed by atoms with E-state index < -0.39 is 11.4 Å². The Kier molecular flexibility index (Phi) is 4.37. The second-order valence-electron chi connectivity index (χ2n) is 6.99. The van der Waals surface area contributed by atoms with Crippen molar-refractivity contribution in [3.8, 4) is 0 Å². The predicted octanol–water partition coefficient (Wildman–Crippen LogP) is 1.54. The van der Waals surface area contributed by atoms with Crippen molar-refractivity contribution in [2.24, 2.45) is 11.3 Å². The maximum Gasteiger partial charge on any atom is 0.311 e. The van der Waals surface area contributed by atoms with Gasteiger partial charge in [0, 0.05) is 25.9 Å². The molecule has 7 nitrogen and oxygen atoms in total. The first-order valence-electron chi connectivity index (χ1n) is 8.37. The maximum absolute atomic E-state index is 12.5. The minimum Gasteiger partial charge on any atom is -0.481 e.